The molecule has 0 atom stereocenters. The Labute approximate surface area is 159 Å². The van der Waals surface area contributed by atoms with E-state index in [2.05, 4.69) is 15.4 Å². The molecule has 27 heavy (non-hydrogen) atoms. The van der Waals surface area contributed by atoms with Gasteiger partial charge in [0.15, 0.2) is 0 Å². The second-order valence-electron chi connectivity index (χ2n) is 6.23. The van der Waals surface area contributed by atoms with Gasteiger partial charge in [-0.25, -0.2) is 8.42 Å². The lowest BCUT2D eigenvalue weighted by Crippen LogP contribution is -2.34. The molecule has 0 aliphatic rings. The maximum atomic E-state index is 12.4. The fourth-order valence-corrected chi connectivity index (χ4v) is 3.39. The second-order valence-corrected chi connectivity index (χ2v) is 7.91. The molecule has 0 bridgehead atoms. The molecule has 0 unspecified atom stereocenters. The van der Waals surface area contributed by atoms with Crippen molar-refractivity contribution in [2.24, 2.45) is 0 Å². The molecule has 0 aliphatic heterocycles. The van der Waals surface area contributed by atoms with Crippen molar-refractivity contribution >= 4 is 27.5 Å². The number of hydrogen-bond acceptors (Lipinski definition) is 4. The molecule has 2 rings (SSSR count). The Kier molecular flexibility index (Phi) is 6.95. The Morgan fingerprint density at radius 1 is 1.00 bits per heavy atom. The van der Waals surface area contributed by atoms with Crippen molar-refractivity contribution < 1.29 is 18.0 Å². The summed E-state index contributed by atoms with van der Waals surface area (Å²) in [6, 6.07) is 14.2. The second kappa shape index (κ2) is 9.18. The summed E-state index contributed by atoms with van der Waals surface area (Å²) in [5.41, 5.74) is 0.580. The Bertz CT molecular complexity index is 896. The molecule has 0 aromatic heterocycles. The summed E-state index contributed by atoms with van der Waals surface area (Å²) in [5, 5.41) is 5.39. The van der Waals surface area contributed by atoms with Crippen LogP contribution in [0, 0.1) is 0 Å². The van der Waals surface area contributed by atoms with E-state index in [4.69, 9.17) is 0 Å². The zero-order chi connectivity index (χ0) is 19.9. The predicted molar refractivity (Wildman–Crippen MR) is 104 cm³/mol. The van der Waals surface area contributed by atoms with Crippen LogP contribution < -0.4 is 15.4 Å². The first-order chi connectivity index (χ1) is 12.8. The van der Waals surface area contributed by atoms with Gasteiger partial charge in [0.05, 0.1) is 4.90 Å². The molecule has 3 N–H and O–H groups in total. The van der Waals surface area contributed by atoms with E-state index >= 15 is 0 Å². The van der Waals surface area contributed by atoms with Crippen LogP contribution in [-0.2, 0) is 14.8 Å². The standard InChI is InChI=1S/C19H23N3O4S/c1-14(2)21-18(23)11-12-20-19(24)15-7-6-8-16(13-15)22-27(25,26)17-9-4-3-5-10-17/h3-10,13-14,22H,11-12H2,1-2H3,(H,20,24)(H,21,23). The maximum Gasteiger partial charge on any atom is 0.261 e. The number of nitrogens with one attached hydrogen (secondary N) is 3. The minimum Gasteiger partial charge on any atom is -0.354 e. The first kappa shape index (κ1) is 20.4. The highest BCUT2D eigenvalue weighted by molar-refractivity contribution is 7.92. The third kappa shape index (κ3) is 6.41. The Balaban J connectivity index is 1.98. The van der Waals surface area contributed by atoms with Gasteiger partial charge in [0.2, 0.25) is 5.91 Å². The van der Waals surface area contributed by atoms with Crippen LogP contribution in [0.25, 0.3) is 0 Å². The van der Waals surface area contributed by atoms with E-state index < -0.39 is 10.0 Å². The van der Waals surface area contributed by atoms with E-state index in [1.807, 2.05) is 13.8 Å². The Morgan fingerprint density at radius 2 is 1.70 bits per heavy atom. The van der Waals surface area contributed by atoms with Gasteiger partial charge in [0.25, 0.3) is 15.9 Å². The number of rotatable bonds is 8. The third-order valence-corrected chi connectivity index (χ3v) is 4.91. The molecule has 0 saturated heterocycles. The average Bonchev–Trinajstić information content (AvgIpc) is 2.61. The summed E-state index contributed by atoms with van der Waals surface area (Å²) < 4.78 is 27.2. The molecular formula is C19H23N3O4S. The molecule has 7 nitrogen and oxygen atoms in total. The smallest absolute Gasteiger partial charge is 0.261 e. The fraction of sp³-hybridized carbons (Fsp3) is 0.263. The number of carbonyl (C=O) groups excluding carboxylic acids is 2. The number of sulfonamides is 1. The van der Waals surface area contributed by atoms with Crippen molar-refractivity contribution in [1.82, 2.24) is 10.6 Å². The number of anilines is 1. The van der Waals surface area contributed by atoms with Gasteiger partial charge in [0.1, 0.15) is 0 Å². The lowest BCUT2D eigenvalue weighted by Gasteiger charge is -2.11. The van der Waals surface area contributed by atoms with Gasteiger partial charge >= 0.3 is 0 Å². The van der Waals surface area contributed by atoms with Gasteiger partial charge in [0, 0.05) is 30.3 Å². The molecule has 2 aromatic rings. The zero-order valence-corrected chi connectivity index (χ0v) is 16.0. The topological polar surface area (TPSA) is 104 Å². The van der Waals surface area contributed by atoms with Gasteiger partial charge in [-0.15, -0.1) is 0 Å². The molecule has 0 saturated carbocycles. The summed E-state index contributed by atoms with van der Waals surface area (Å²) in [5.74, 6) is -0.525. The van der Waals surface area contributed by atoms with E-state index in [1.165, 1.54) is 18.2 Å². The summed E-state index contributed by atoms with van der Waals surface area (Å²) >= 11 is 0. The first-order valence-electron chi connectivity index (χ1n) is 8.53. The number of carbonyl (C=O) groups is 2. The Hall–Kier alpha value is -2.87. The van der Waals surface area contributed by atoms with Crippen LogP contribution in [0.5, 0.6) is 0 Å². The number of benzene rings is 2. The fourth-order valence-electron chi connectivity index (χ4n) is 2.32. The van der Waals surface area contributed by atoms with E-state index in [1.54, 1.807) is 36.4 Å². The number of hydrogen-bond donors (Lipinski definition) is 3. The molecule has 0 heterocycles. The van der Waals surface area contributed by atoms with Crippen molar-refractivity contribution in [3.05, 3.63) is 60.2 Å². The summed E-state index contributed by atoms with van der Waals surface area (Å²) in [6.07, 6.45) is 0.171. The molecule has 0 radical (unpaired) electrons. The SMILES string of the molecule is CC(C)NC(=O)CCNC(=O)c1cccc(NS(=O)(=O)c2ccccc2)c1. The normalized spacial score (nSPS) is 11.1. The Morgan fingerprint density at radius 3 is 2.37 bits per heavy atom. The van der Waals surface area contributed by atoms with Crippen LogP contribution in [-0.4, -0.2) is 32.8 Å². The predicted octanol–water partition coefficient (Wildman–Crippen LogP) is 2.13. The first-order valence-corrected chi connectivity index (χ1v) is 10.0. The lowest BCUT2D eigenvalue weighted by molar-refractivity contribution is -0.121. The molecule has 2 amide bonds. The maximum absolute atomic E-state index is 12.4. The van der Waals surface area contributed by atoms with Crippen molar-refractivity contribution in [3.63, 3.8) is 0 Å². The van der Waals surface area contributed by atoms with Gasteiger partial charge in [-0.1, -0.05) is 24.3 Å². The van der Waals surface area contributed by atoms with Crippen LogP contribution in [0.4, 0.5) is 5.69 Å². The molecule has 8 heteroatoms. The van der Waals surface area contributed by atoms with Crippen molar-refractivity contribution in [3.8, 4) is 0 Å². The van der Waals surface area contributed by atoms with Crippen LogP contribution in [0.15, 0.2) is 59.5 Å². The van der Waals surface area contributed by atoms with Crippen LogP contribution in [0.1, 0.15) is 30.6 Å². The van der Waals surface area contributed by atoms with Gasteiger partial charge in [-0.05, 0) is 44.2 Å². The largest absolute Gasteiger partial charge is 0.354 e. The monoisotopic (exact) mass is 389 g/mol. The lowest BCUT2D eigenvalue weighted by atomic mass is 10.2. The van der Waals surface area contributed by atoms with Crippen molar-refractivity contribution in [2.75, 3.05) is 11.3 Å². The highest BCUT2D eigenvalue weighted by atomic mass is 32.2. The summed E-state index contributed by atoms with van der Waals surface area (Å²) in [7, 11) is -3.73. The summed E-state index contributed by atoms with van der Waals surface area (Å²) in [4.78, 5) is 23.9. The van der Waals surface area contributed by atoms with Gasteiger partial charge < -0.3 is 10.6 Å². The molecule has 0 aliphatic carbocycles. The van der Waals surface area contributed by atoms with E-state index in [9.17, 15) is 18.0 Å². The molecule has 0 spiro atoms. The molecule has 144 valence electrons. The highest BCUT2D eigenvalue weighted by Gasteiger charge is 2.14. The minimum absolute atomic E-state index is 0.0440. The summed E-state index contributed by atoms with van der Waals surface area (Å²) in [6.45, 7) is 3.91. The van der Waals surface area contributed by atoms with E-state index in [0.29, 0.717) is 5.56 Å². The van der Waals surface area contributed by atoms with Crippen molar-refractivity contribution in [1.29, 1.82) is 0 Å². The third-order valence-electron chi connectivity index (χ3n) is 3.52. The van der Waals surface area contributed by atoms with Crippen molar-refractivity contribution in [2.45, 2.75) is 31.2 Å². The van der Waals surface area contributed by atoms with Crippen LogP contribution >= 0.6 is 0 Å². The average molecular weight is 389 g/mol. The molecule has 0 fully saturated rings. The van der Waals surface area contributed by atoms with Crippen LogP contribution in [0.3, 0.4) is 0 Å². The molecule has 2 aromatic carbocycles. The molecular weight excluding hydrogens is 366 g/mol. The highest BCUT2D eigenvalue weighted by Crippen LogP contribution is 2.17. The van der Waals surface area contributed by atoms with Gasteiger partial charge in [-0.3, -0.25) is 14.3 Å². The van der Waals surface area contributed by atoms with E-state index in [0.717, 1.165) is 0 Å². The van der Waals surface area contributed by atoms with E-state index in [-0.39, 0.29) is 41.4 Å². The minimum atomic E-state index is -3.73. The van der Waals surface area contributed by atoms with Crippen LogP contribution in [0.2, 0.25) is 0 Å². The zero-order valence-electron chi connectivity index (χ0n) is 15.2. The van der Waals surface area contributed by atoms with Gasteiger partial charge in [-0.2, -0.15) is 0 Å². The quantitative estimate of drug-likeness (QED) is 0.643. The number of amides is 2.